The predicted molar refractivity (Wildman–Crippen MR) is 62.8 cm³/mol. The van der Waals surface area contributed by atoms with E-state index in [2.05, 4.69) is 4.98 Å². The summed E-state index contributed by atoms with van der Waals surface area (Å²) in [5.74, 6) is -1.42. The number of rotatable bonds is 3. The summed E-state index contributed by atoms with van der Waals surface area (Å²) in [5, 5.41) is 0.0594. The molecule has 0 saturated carbocycles. The predicted octanol–water partition coefficient (Wildman–Crippen LogP) is 1.38. The van der Waals surface area contributed by atoms with Crippen LogP contribution in [0.1, 0.15) is 28.5 Å². The molecule has 1 aromatic rings. The van der Waals surface area contributed by atoms with Gasteiger partial charge in [-0.25, -0.2) is 9.78 Å². The van der Waals surface area contributed by atoms with Crippen LogP contribution in [-0.4, -0.2) is 23.0 Å². The minimum Gasteiger partial charge on any atom is -0.449 e. The second-order valence-electron chi connectivity index (χ2n) is 3.70. The van der Waals surface area contributed by atoms with Gasteiger partial charge in [0, 0.05) is 5.69 Å². The summed E-state index contributed by atoms with van der Waals surface area (Å²) >= 11 is 5.86. The number of ether oxygens (including phenoxy) is 1. The molecule has 1 amide bonds. The van der Waals surface area contributed by atoms with E-state index < -0.39 is 18.0 Å². The molecule has 1 rings (SSSR count). The van der Waals surface area contributed by atoms with Gasteiger partial charge in [-0.05, 0) is 32.4 Å². The van der Waals surface area contributed by atoms with Crippen LogP contribution in [0.5, 0.6) is 0 Å². The van der Waals surface area contributed by atoms with E-state index in [1.165, 1.54) is 6.92 Å². The number of carbonyl (C=O) groups is 2. The van der Waals surface area contributed by atoms with Crippen LogP contribution in [0.25, 0.3) is 0 Å². The highest BCUT2D eigenvalue weighted by Gasteiger charge is 2.21. The number of carbonyl (C=O) groups excluding carboxylic acids is 2. The maximum Gasteiger partial charge on any atom is 0.342 e. The fourth-order valence-electron chi connectivity index (χ4n) is 1.31. The number of aromatic nitrogens is 1. The van der Waals surface area contributed by atoms with Crippen molar-refractivity contribution in [2.24, 2.45) is 5.73 Å². The van der Waals surface area contributed by atoms with Crippen LogP contribution < -0.4 is 5.73 Å². The minimum atomic E-state index is -1.00. The molecule has 1 atom stereocenters. The van der Waals surface area contributed by atoms with Crippen molar-refractivity contribution in [1.29, 1.82) is 0 Å². The standard InChI is InChI=1S/C11H13ClN2O3/c1-5-4-6(2)14-9(12)8(5)11(16)17-7(3)10(13)15/h4,7H,1-3H3,(H2,13,15)/t7-/m0/s1. The maximum atomic E-state index is 11.8. The van der Waals surface area contributed by atoms with Gasteiger partial charge in [-0.3, -0.25) is 4.79 Å². The Labute approximate surface area is 104 Å². The number of nitrogens with zero attached hydrogens (tertiary/aromatic N) is 1. The van der Waals surface area contributed by atoms with E-state index in [0.717, 1.165) is 0 Å². The zero-order chi connectivity index (χ0) is 13.2. The molecule has 17 heavy (non-hydrogen) atoms. The van der Waals surface area contributed by atoms with E-state index in [9.17, 15) is 9.59 Å². The van der Waals surface area contributed by atoms with Crippen LogP contribution in [0.15, 0.2) is 6.07 Å². The lowest BCUT2D eigenvalue weighted by Gasteiger charge is -2.12. The first-order chi connectivity index (χ1) is 7.82. The van der Waals surface area contributed by atoms with Crippen LogP contribution in [0.2, 0.25) is 5.15 Å². The largest absolute Gasteiger partial charge is 0.449 e. The number of aryl methyl sites for hydroxylation is 2. The Hall–Kier alpha value is -1.62. The number of esters is 1. The highest BCUT2D eigenvalue weighted by Crippen LogP contribution is 2.20. The Balaban J connectivity index is 3.01. The minimum absolute atomic E-state index is 0.0594. The summed E-state index contributed by atoms with van der Waals surface area (Å²) < 4.78 is 4.86. The van der Waals surface area contributed by atoms with E-state index in [4.69, 9.17) is 22.1 Å². The Morgan fingerprint density at radius 1 is 1.47 bits per heavy atom. The van der Waals surface area contributed by atoms with Gasteiger partial charge in [0.05, 0.1) is 5.56 Å². The van der Waals surface area contributed by atoms with Crippen molar-refractivity contribution in [2.45, 2.75) is 26.9 Å². The van der Waals surface area contributed by atoms with Crippen molar-refractivity contribution in [1.82, 2.24) is 4.98 Å². The summed E-state index contributed by atoms with van der Waals surface area (Å²) in [7, 11) is 0. The molecule has 92 valence electrons. The monoisotopic (exact) mass is 256 g/mol. The van der Waals surface area contributed by atoms with Crippen LogP contribution in [0.4, 0.5) is 0 Å². The van der Waals surface area contributed by atoms with Gasteiger partial charge in [-0.1, -0.05) is 11.6 Å². The van der Waals surface area contributed by atoms with Gasteiger partial charge in [-0.2, -0.15) is 0 Å². The molecule has 6 heteroatoms. The zero-order valence-corrected chi connectivity index (χ0v) is 10.5. The molecule has 0 aliphatic heterocycles. The van der Waals surface area contributed by atoms with E-state index in [0.29, 0.717) is 11.3 Å². The number of pyridine rings is 1. The van der Waals surface area contributed by atoms with Gasteiger partial charge in [-0.15, -0.1) is 0 Å². The van der Waals surface area contributed by atoms with Crippen molar-refractivity contribution >= 4 is 23.5 Å². The van der Waals surface area contributed by atoms with Crippen molar-refractivity contribution in [3.63, 3.8) is 0 Å². The second kappa shape index (κ2) is 5.14. The SMILES string of the molecule is Cc1cc(C)c(C(=O)O[C@@H](C)C(N)=O)c(Cl)n1. The molecule has 0 aliphatic rings. The zero-order valence-electron chi connectivity index (χ0n) is 9.78. The van der Waals surface area contributed by atoms with Crippen LogP contribution in [0, 0.1) is 13.8 Å². The van der Waals surface area contributed by atoms with Crippen LogP contribution >= 0.6 is 11.6 Å². The maximum absolute atomic E-state index is 11.8. The van der Waals surface area contributed by atoms with Gasteiger partial charge < -0.3 is 10.5 Å². The third kappa shape index (κ3) is 3.17. The number of nitrogens with two attached hydrogens (primary N) is 1. The van der Waals surface area contributed by atoms with Crippen molar-refractivity contribution < 1.29 is 14.3 Å². The van der Waals surface area contributed by atoms with Crippen molar-refractivity contribution in [3.8, 4) is 0 Å². The topological polar surface area (TPSA) is 82.3 Å². The molecule has 0 saturated heterocycles. The van der Waals surface area contributed by atoms with E-state index in [1.807, 2.05) is 0 Å². The Morgan fingerprint density at radius 2 is 2.06 bits per heavy atom. The van der Waals surface area contributed by atoms with Gasteiger partial charge in [0.2, 0.25) is 0 Å². The highest BCUT2D eigenvalue weighted by atomic mass is 35.5. The third-order valence-corrected chi connectivity index (χ3v) is 2.46. The van der Waals surface area contributed by atoms with E-state index in [-0.39, 0.29) is 10.7 Å². The molecule has 5 nitrogen and oxygen atoms in total. The number of primary amides is 1. The number of hydrogen-bond donors (Lipinski definition) is 1. The van der Waals surface area contributed by atoms with Gasteiger partial charge in [0.15, 0.2) is 6.10 Å². The second-order valence-corrected chi connectivity index (χ2v) is 4.05. The normalized spacial score (nSPS) is 12.0. The fraction of sp³-hybridized carbons (Fsp3) is 0.364. The van der Waals surface area contributed by atoms with E-state index >= 15 is 0 Å². The smallest absolute Gasteiger partial charge is 0.342 e. The van der Waals surface area contributed by atoms with Crippen LogP contribution in [0.3, 0.4) is 0 Å². The number of amides is 1. The summed E-state index contributed by atoms with van der Waals surface area (Å²) in [6.45, 7) is 4.87. The number of halogens is 1. The van der Waals surface area contributed by atoms with Crippen LogP contribution in [-0.2, 0) is 9.53 Å². The first-order valence-corrected chi connectivity index (χ1v) is 5.34. The Morgan fingerprint density at radius 3 is 2.53 bits per heavy atom. The molecule has 2 N–H and O–H groups in total. The van der Waals surface area contributed by atoms with Gasteiger partial charge >= 0.3 is 5.97 Å². The molecular formula is C11H13ClN2O3. The summed E-state index contributed by atoms with van der Waals surface area (Å²) in [4.78, 5) is 26.5. The van der Waals surface area contributed by atoms with Gasteiger partial charge in [0.1, 0.15) is 5.15 Å². The quantitative estimate of drug-likeness (QED) is 0.654. The molecular weight excluding hydrogens is 244 g/mol. The Kier molecular flexibility index (Phi) is 4.07. The molecule has 0 bridgehead atoms. The van der Waals surface area contributed by atoms with E-state index in [1.54, 1.807) is 19.9 Å². The first kappa shape index (κ1) is 13.4. The number of hydrogen-bond acceptors (Lipinski definition) is 4. The summed E-state index contributed by atoms with van der Waals surface area (Å²) in [6.07, 6.45) is -1.00. The van der Waals surface area contributed by atoms with Crippen molar-refractivity contribution in [2.75, 3.05) is 0 Å². The lowest BCUT2D eigenvalue weighted by molar-refractivity contribution is -0.125. The average molecular weight is 257 g/mol. The summed E-state index contributed by atoms with van der Waals surface area (Å²) in [5.41, 5.74) is 6.50. The molecule has 1 aromatic heterocycles. The molecule has 0 unspecified atom stereocenters. The lowest BCUT2D eigenvalue weighted by atomic mass is 10.1. The molecule has 1 heterocycles. The molecule has 0 aromatic carbocycles. The third-order valence-electron chi connectivity index (χ3n) is 2.19. The lowest BCUT2D eigenvalue weighted by Crippen LogP contribution is -2.30. The average Bonchev–Trinajstić information content (AvgIpc) is 2.15. The molecule has 0 fully saturated rings. The molecule has 0 aliphatic carbocycles. The molecule has 0 radical (unpaired) electrons. The van der Waals surface area contributed by atoms with Gasteiger partial charge in [0.25, 0.3) is 5.91 Å². The Bertz CT molecular complexity index is 451. The molecule has 0 spiro atoms. The summed E-state index contributed by atoms with van der Waals surface area (Å²) in [6, 6.07) is 1.71. The fourth-order valence-corrected chi connectivity index (χ4v) is 1.67. The highest BCUT2D eigenvalue weighted by molar-refractivity contribution is 6.32. The van der Waals surface area contributed by atoms with Crippen molar-refractivity contribution in [3.05, 3.63) is 28.0 Å². The first-order valence-electron chi connectivity index (χ1n) is 4.97.